The summed E-state index contributed by atoms with van der Waals surface area (Å²) in [7, 11) is 2.86. The van der Waals surface area contributed by atoms with Gasteiger partial charge in [-0.25, -0.2) is 9.59 Å². The maximum Gasteiger partial charge on any atom is 0.354 e. The van der Waals surface area contributed by atoms with Crippen LogP contribution in [0.1, 0.15) is 59.8 Å². The van der Waals surface area contributed by atoms with E-state index in [2.05, 4.69) is 5.32 Å². The van der Waals surface area contributed by atoms with Crippen molar-refractivity contribution >= 4 is 17.8 Å². The smallest absolute Gasteiger partial charge is 0.354 e. The van der Waals surface area contributed by atoms with E-state index < -0.39 is 12.0 Å². The number of methoxy groups -OCH3 is 2. The van der Waals surface area contributed by atoms with Crippen molar-refractivity contribution in [3.05, 3.63) is 22.5 Å². The molecule has 1 aromatic heterocycles. The number of esters is 1. The Morgan fingerprint density at radius 3 is 2.21 bits per heavy atom. The third-order valence-electron chi connectivity index (χ3n) is 4.76. The highest BCUT2D eigenvalue weighted by Gasteiger charge is 2.32. The molecule has 1 heterocycles. The number of amides is 2. The number of hydrogen-bond donors (Lipinski definition) is 1. The number of carbonyl (C=O) groups excluding carboxylic acids is 3. The Morgan fingerprint density at radius 2 is 1.75 bits per heavy atom. The molecule has 0 radical (unpaired) electrons. The van der Waals surface area contributed by atoms with Crippen LogP contribution in [0.15, 0.2) is 0 Å². The van der Waals surface area contributed by atoms with Gasteiger partial charge in [-0.2, -0.15) is 0 Å². The molecule has 0 aliphatic heterocycles. The Labute approximate surface area is 167 Å². The SMILES string of the molecule is CCn1c(C)c(C(=O)C(C)N(CCOC)C(=O)NC(C)C)c(C)c1C(=O)OC. The molecule has 158 valence electrons. The topological polar surface area (TPSA) is 89.9 Å². The number of carbonyl (C=O) groups is 3. The predicted molar refractivity (Wildman–Crippen MR) is 107 cm³/mol. The molecular weight excluding hydrogens is 362 g/mol. The summed E-state index contributed by atoms with van der Waals surface area (Å²) in [5, 5.41) is 2.82. The molecule has 2 amide bonds. The first kappa shape index (κ1) is 23.7. The highest BCUT2D eigenvalue weighted by atomic mass is 16.5. The zero-order chi connectivity index (χ0) is 21.6. The van der Waals surface area contributed by atoms with Crippen LogP contribution in [-0.2, 0) is 16.0 Å². The summed E-state index contributed by atoms with van der Waals surface area (Å²) in [6.07, 6.45) is 0. The van der Waals surface area contributed by atoms with Gasteiger partial charge in [0.25, 0.3) is 0 Å². The second-order valence-electron chi connectivity index (χ2n) is 7.00. The van der Waals surface area contributed by atoms with E-state index in [4.69, 9.17) is 9.47 Å². The minimum absolute atomic E-state index is 0.0598. The van der Waals surface area contributed by atoms with Crippen molar-refractivity contribution in [2.45, 2.75) is 60.2 Å². The molecule has 0 fully saturated rings. The number of aromatic nitrogens is 1. The Morgan fingerprint density at radius 1 is 1.14 bits per heavy atom. The first-order valence-electron chi connectivity index (χ1n) is 9.50. The summed E-state index contributed by atoms with van der Waals surface area (Å²) < 4.78 is 11.8. The van der Waals surface area contributed by atoms with Crippen LogP contribution < -0.4 is 5.32 Å². The molecule has 8 nitrogen and oxygen atoms in total. The molecule has 0 saturated heterocycles. The van der Waals surface area contributed by atoms with Crippen molar-refractivity contribution in [3.63, 3.8) is 0 Å². The Kier molecular flexibility index (Phi) is 8.68. The number of rotatable bonds is 9. The van der Waals surface area contributed by atoms with E-state index in [9.17, 15) is 14.4 Å². The summed E-state index contributed by atoms with van der Waals surface area (Å²) >= 11 is 0. The predicted octanol–water partition coefficient (Wildman–Crippen LogP) is 2.55. The average molecular weight is 396 g/mol. The van der Waals surface area contributed by atoms with Gasteiger partial charge in [0.1, 0.15) is 5.69 Å². The van der Waals surface area contributed by atoms with Crippen LogP contribution in [0.5, 0.6) is 0 Å². The van der Waals surface area contributed by atoms with Gasteiger partial charge >= 0.3 is 12.0 Å². The van der Waals surface area contributed by atoms with E-state index in [1.54, 1.807) is 32.4 Å². The standard InChI is InChI=1S/C20H33N3O5/c1-9-22-14(5)16(13(4)17(22)19(25)28-8)18(24)15(6)23(10-11-27-7)20(26)21-12(2)3/h12,15H,9-11H2,1-8H3,(H,21,26). The molecule has 0 spiro atoms. The summed E-state index contributed by atoms with van der Waals surface area (Å²) in [5.41, 5.74) is 2.08. The van der Waals surface area contributed by atoms with Crippen molar-refractivity contribution in [1.29, 1.82) is 0 Å². The third kappa shape index (κ3) is 4.92. The normalized spacial score (nSPS) is 12.0. The van der Waals surface area contributed by atoms with Gasteiger partial charge in [0.05, 0.1) is 19.8 Å². The minimum Gasteiger partial charge on any atom is -0.464 e. The van der Waals surface area contributed by atoms with Gasteiger partial charge in [-0.3, -0.25) is 4.79 Å². The van der Waals surface area contributed by atoms with Crippen molar-refractivity contribution in [2.75, 3.05) is 27.4 Å². The molecule has 0 aromatic carbocycles. The van der Waals surface area contributed by atoms with Crippen LogP contribution in [0.2, 0.25) is 0 Å². The molecule has 1 rings (SSSR count). The second-order valence-corrected chi connectivity index (χ2v) is 7.00. The first-order valence-corrected chi connectivity index (χ1v) is 9.50. The number of hydrogen-bond acceptors (Lipinski definition) is 5. The molecular formula is C20H33N3O5. The molecule has 1 atom stereocenters. The highest BCUT2D eigenvalue weighted by molar-refractivity contribution is 6.06. The summed E-state index contributed by atoms with van der Waals surface area (Å²) in [6.45, 7) is 12.0. The van der Waals surface area contributed by atoms with Crippen molar-refractivity contribution in [2.24, 2.45) is 0 Å². The number of nitrogens with zero attached hydrogens (tertiary/aromatic N) is 2. The Hall–Kier alpha value is -2.35. The van der Waals surface area contributed by atoms with Gasteiger partial charge in [0.2, 0.25) is 0 Å². The quantitative estimate of drug-likeness (QED) is 0.513. The third-order valence-corrected chi connectivity index (χ3v) is 4.76. The van der Waals surface area contributed by atoms with E-state index in [0.717, 1.165) is 0 Å². The molecule has 1 unspecified atom stereocenters. The molecule has 0 aliphatic rings. The maximum atomic E-state index is 13.3. The fourth-order valence-electron chi connectivity index (χ4n) is 3.35. The first-order chi connectivity index (χ1) is 13.1. The number of urea groups is 1. The fourth-order valence-corrected chi connectivity index (χ4v) is 3.35. The summed E-state index contributed by atoms with van der Waals surface area (Å²) in [4.78, 5) is 39.7. The summed E-state index contributed by atoms with van der Waals surface area (Å²) in [6, 6.07) is -1.11. The molecule has 0 saturated carbocycles. The number of ether oxygens (including phenoxy) is 2. The lowest BCUT2D eigenvalue weighted by Crippen LogP contribution is -2.51. The average Bonchev–Trinajstić information content (AvgIpc) is 2.89. The molecule has 1 aromatic rings. The number of Topliss-reactive ketones (excluding diaryl/α,β-unsaturated/α-hetero) is 1. The fraction of sp³-hybridized carbons (Fsp3) is 0.650. The lowest BCUT2D eigenvalue weighted by molar-refractivity contribution is 0.0587. The molecule has 8 heteroatoms. The van der Waals surface area contributed by atoms with Gasteiger partial charge in [0, 0.05) is 37.5 Å². The van der Waals surface area contributed by atoms with Crippen molar-refractivity contribution in [1.82, 2.24) is 14.8 Å². The van der Waals surface area contributed by atoms with E-state index >= 15 is 0 Å². The van der Waals surface area contributed by atoms with Gasteiger partial charge < -0.3 is 24.3 Å². The van der Waals surface area contributed by atoms with E-state index in [-0.39, 0.29) is 24.4 Å². The van der Waals surface area contributed by atoms with E-state index in [1.165, 1.54) is 12.0 Å². The lowest BCUT2D eigenvalue weighted by atomic mass is 10.00. The van der Waals surface area contributed by atoms with Gasteiger partial charge in [-0.05, 0) is 47.1 Å². The second kappa shape index (κ2) is 10.3. The molecule has 0 bridgehead atoms. The number of nitrogens with one attached hydrogen (secondary N) is 1. The lowest BCUT2D eigenvalue weighted by Gasteiger charge is -2.29. The Balaban J connectivity index is 3.35. The van der Waals surface area contributed by atoms with Crippen LogP contribution in [-0.4, -0.2) is 66.7 Å². The van der Waals surface area contributed by atoms with E-state index in [1.807, 2.05) is 20.8 Å². The Bertz CT molecular complexity index is 724. The molecule has 0 aliphatic carbocycles. The van der Waals surface area contributed by atoms with Crippen molar-refractivity contribution in [3.8, 4) is 0 Å². The summed E-state index contributed by atoms with van der Waals surface area (Å²) in [5.74, 6) is -0.703. The molecule has 1 N–H and O–H groups in total. The van der Waals surface area contributed by atoms with Crippen LogP contribution in [0.3, 0.4) is 0 Å². The highest BCUT2D eigenvalue weighted by Crippen LogP contribution is 2.25. The monoisotopic (exact) mass is 395 g/mol. The zero-order valence-corrected chi connectivity index (χ0v) is 18.2. The van der Waals surface area contributed by atoms with Gasteiger partial charge in [0.15, 0.2) is 5.78 Å². The minimum atomic E-state index is -0.718. The van der Waals surface area contributed by atoms with Crippen LogP contribution >= 0.6 is 0 Å². The van der Waals surface area contributed by atoms with Crippen LogP contribution in [0, 0.1) is 13.8 Å². The van der Waals surface area contributed by atoms with Gasteiger partial charge in [-0.1, -0.05) is 0 Å². The van der Waals surface area contributed by atoms with Gasteiger partial charge in [-0.15, -0.1) is 0 Å². The van der Waals surface area contributed by atoms with Crippen molar-refractivity contribution < 1.29 is 23.9 Å². The maximum absolute atomic E-state index is 13.3. The van der Waals surface area contributed by atoms with Crippen LogP contribution in [0.4, 0.5) is 4.79 Å². The largest absolute Gasteiger partial charge is 0.464 e. The number of ketones is 1. The van der Waals surface area contributed by atoms with E-state index in [0.29, 0.717) is 35.7 Å². The zero-order valence-electron chi connectivity index (χ0n) is 18.2. The molecule has 28 heavy (non-hydrogen) atoms. The van der Waals surface area contributed by atoms with Crippen LogP contribution in [0.25, 0.3) is 0 Å².